The first-order chi connectivity index (χ1) is 17.5. The van der Waals surface area contributed by atoms with Crippen LogP contribution in [0, 0.1) is 5.92 Å². The topological polar surface area (TPSA) is 125 Å². The molecule has 11 nitrogen and oxygen atoms in total. The molecule has 0 aliphatic rings. The molecule has 36 heavy (non-hydrogen) atoms. The predicted octanol–water partition coefficient (Wildman–Crippen LogP) is 3.13. The minimum Gasteiger partial charge on any atom is -0.291 e. The lowest BCUT2D eigenvalue weighted by molar-refractivity contribution is 0.473. The van der Waals surface area contributed by atoms with Gasteiger partial charge in [0.1, 0.15) is 6.33 Å². The molecule has 184 valence electrons. The van der Waals surface area contributed by atoms with Gasteiger partial charge in [0.05, 0.1) is 12.2 Å². The molecule has 1 aromatic carbocycles. The number of hydrogen-bond acceptors (Lipinski definition) is 7. The van der Waals surface area contributed by atoms with Crippen molar-refractivity contribution in [2.45, 2.75) is 46.7 Å². The highest BCUT2D eigenvalue weighted by Crippen LogP contribution is 2.28. The molecule has 0 unspecified atom stereocenters. The van der Waals surface area contributed by atoms with E-state index in [0.717, 1.165) is 40.9 Å². The summed E-state index contributed by atoms with van der Waals surface area (Å²) in [6, 6.07) is 11.8. The van der Waals surface area contributed by atoms with Crippen molar-refractivity contribution in [1.82, 2.24) is 49.5 Å². The third kappa shape index (κ3) is 4.59. The Hall–Kier alpha value is -4.41. The summed E-state index contributed by atoms with van der Waals surface area (Å²) < 4.78 is 5.18. The third-order valence-corrected chi connectivity index (χ3v) is 5.89. The fourth-order valence-corrected chi connectivity index (χ4v) is 4.26. The molecule has 4 heterocycles. The molecule has 0 radical (unpaired) electrons. The monoisotopic (exact) mass is 484 g/mol. The van der Waals surface area contributed by atoms with Gasteiger partial charge < -0.3 is 0 Å². The van der Waals surface area contributed by atoms with Crippen molar-refractivity contribution in [3.63, 3.8) is 0 Å². The van der Waals surface area contributed by atoms with E-state index in [1.165, 1.54) is 6.33 Å². The van der Waals surface area contributed by atoms with Gasteiger partial charge in [0.25, 0.3) is 0 Å². The zero-order valence-electron chi connectivity index (χ0n) is 20.5. The highest BCUT2D eigenvalue weighted by atomic mass is 16.2. The fraction of sp³-hybridized carbons (Fsp3) is 0.320. The maximum atomic E-state index is 13.5. The second-order valence-electron chi connectivity index (χ2n) is 9.09. The van der Waals surface area contributed by atoms with Gasteiger partial charge in [-0.3, -0.25) is 9.55 Å². The number of tetrazole rings is 1. The molecule has 0 atom stereocenters. The Bertz CT molecular complexity index is 1490. The molecular weight excluding hydrogens is 456 g/mol. The van der Waals surface area contributed by atoms with Crippen molar-refractivity contribution in [1.29, 1.82) is 0 Å². The molecule has 0 spiro atoms. The first-order valence-electron chi connectivity index (χ1n) is 12.0. The molecule has 0 saturated heterocycles. The van der Waals surface area contributed by atoms with Crippen LogP contribution in [0.4, 0.5) is 0 Å². The van der Waals surface area contributed by atoms with E-state index in [0.29, 0.717) is 30.8 Å². The van der Waals surface area contributed by atoms with Gasteiger partial charge in [-0.1, -0.05) is 57.5 Å². The zero-order chi connectivity index (χ0) is 25.1. The van der Waals surface area contributed by atoms with Gasteiger partial charge in [-0.05, 0) is 34.4 Å². The van der Waals surface area contributed by atoms with Crippen LogP contribution in [0.2, 0.25) is 0 Å². The average molecular weight is 485 g/mol. The summed E-state index contributed by atoms with van der Waals surface area (Å²) in [5.74, 6) is 1.50. The molecule has 11 heteroatoms. The molecule has 0 bridgehead atoms. The number of hydrogen-bond donors (Lipinski definition) is 1. The number of rotatable bonds is 9. The van der Waals surface area contributed by atoms with Crippen molar-refractivity contribution >= 4 is 0 Å². The Labute approximate surface area is 207 Å². The number of aromatic amines is 1. The number of H-pyrrole nitrogens is 1. The number of nitrogens with zero attached hydrogens (tertiary/aromatic N) is 9. The van der Waals surface area contributed by atoms with Gasteiger partial charge in [0, 0.05) is 35.8 Å². The first kappa shape index (κ1) is 23.3. The molecular formula is C25H28N10O. The van der Waals surface area contributed by atoms with E-state index in [4.69, 9.17) is 4.98 Å². The van der Waals surface area contributed by atoms with Gasteiger partial charge >= 0.3 is 5.69 Å². The van der Waals surface area contributed by atoms with Crippen LogP contribution in [0.5, 0.6) is 0 Å². The van der Waals surface area contributed by atoms with Crippen molar-refractivity contribution in [2.75, 3.05) is 0 Å². The van der Waals surface area contributed by atoms with Crippen molar-refractivity contribution in [2.24, 2.45) is 5.92 Å². The molecule has 1 N–H and O–H groups in total. The van der Waals surface area contributed by atoms with E-state index >= 15 is 0 Å². The highest BCUT2D eigenvalue weighted by molar-refractivity contribution is 5.78. The molecule has 0 aliphatic heterocycles. The van der Waals surface area contributed by atoms with Crippen LogP contribution < -0.4 is 5.69 Å². The van der Waals surface area contributed by atoms with Crippen LogP contribution in [0.15, 0.2) is 59.9 Å². The zero-order valence-corrected chi connectivity index (χ0v) is 20.5. The van der Waals surface area contributed by atoms with Crippen LogP contribution in [-0.2, 0) is 19.5 Å². The van der Waals surface area contributed by atoms with Gasteiger partial charge in [-0.25, -0.2) is 19.1 Å². The maximum Gasteiger partial charge on any atom is 0.335 e. The smallest absolute Gasteiger partial charge is 0.291 e. The lowest BCUT2D eigenvalue weighted by atomic mass is 10.0. The third-order valence-electron chi connectivity index (χ3n) is 5.89. The number of imidazole rings is 1. The Morgan fingerprint density at radius 3 is 2.58 bits per heavy atom. The standard InChI is InChI=1S/C25H28N10O/c1-4-7-19-15-34(24-27-16-28-35(24)13-17(2)3)25(36)33(19)14-18-10-11-22(26-12-18)20-8-5-6-9-21(20)23-29-31-32-30-23/h5-6,8-12,15-17H,4,7,13-14H2,1-3H3,(H,29,30,31,32). The second kappa shape index (κ2) is 10.1. The minimum absolute atomic E-state index is 0.135. The molecule has 5 aromatic rings. The van der Waals surface area contributed by atoms with Crippen LogP contribution in [-0.4, -0.2) is 49.5 Å². The number of aromatic nitrogens is 10. The quantitative estimate of drug-likeness (QED) is 0.341. The molecule has 0 saturated carbocycles. The van der Waals surface area contributed by atoms with Gasteiger partial charge in [-0.15, -0.1) is 5.10 Å². The number of benzene rings is 1. The number of aryl methyl sites for hydroxylation is 1. The lowest BCUT2D eigenvalue weighted by Crippen LogP contribution is -2.27. The van der Waals surface area contributed by atoms with Crippen molar-refractivity contribution < 1.29 is 0 Å². The van der Waals surface area contributed by atoms with Crippen LogP contribution >= 0.6 is 0 Å². The molecule has 4 aromatic heterocycles. The Balaban J connectivity index is 1.46. The van der Waals surface area contributed by atoms with Crippen LogP contribution in [0.25, 0.3) is 28.6 Å². The SMILES string of the molecule is CCCc1cn(-c2ncnn2CC(C)C)c(=O)n1Cc1ccc(-c2ccccc2-c2nnn[nH]2)nc1. The Morgan fingerprint density at radius 2 is 1.89 bits per heavy atom. The first-order valence-corrected chi connectivity index (χ1v) is 12.0. The summed E-state index contributed by atoms with van der Waals surface area (Å²) in [5, 5.41) is 18.5. The van der Waals surface area contributed by atoms with Gasteiger partial charge in [0.15, 0.2) is 5.82 Å². The van der Waals surface area contributed by atoms with E-state index in [1.54, 1.807) is 13.8 Å². The van der Waals surface area contributed by atoms with E-state index in [9.17, 15) is 4.79 Å². The Kier molecular flexibility index (Phi) is 6.52. The summed E-state index contributed by atoms with van der Waals surface area (Å²) in [7, 11) is 0. The van der Waals surface area contributed by atoms with E-state index in [-0.39, 0.29) is 5.69 Å². The van der Waals surface area contributed by atoms with E-state index in [2.05, 4.69) is 51.5 Å². The summed E-state index contributed by atoms with van der Waals surface area (Å²) in [6.07, 6.45) is 6.90. The van der Waals surface area contributed by atoms with Crippen molar-refractivity contribution in [3.05, 3.63) is 76.9 Å². The number of nitrogens with one attached hydrogen (secondary N) is 1. The van der Waals surface area contributed by atoms with Gasteiger partial charge in [-0.2, -0.15) is 10.1 Å². The van der Waals surface area contributed by atoms with Crippen molar-refractivity contribution in [3.8, 4) is 28.6 Å². The largest absolute Gasteiger partial charge is 0.335 e. The minimum atomic E-state index is -0.135. The van der Waals surface area contributed by atoms with E-state index in [1.807, 2.05) is 48.8 Å². The second-order valence-corrected chi connectivity index (χ2v) is 9.09. The predicted molar refractivity (Wildman–Crippen MR) is 134 cm³/mol. The molecule has 5 rings (SSSR count). The summed E-state index contributed by atoms with van der Waals surface area (Å²) in [6.45, 7) is 7.43. The maximum absolute atomic E-state index is 13.5. The van der Waals surface area contributed by atoms with E-state index < -0.39 is 0 Å². The fourth-order valence-electron chi connectivity index (χ4n) is 4.26. The molecule has 0 aliphatic carbocycles. The van der Waals surface area contributed by atoms with Gasteiger partial charge in [0.2, 0.25) is 5.95 Å². The molecule has 0 amide bonds. The summed E-state index contributed by atoms with van der Waals surface area (Å²) >= 11 is 0. The lowest BCUT2D eigenvalue weighted by Gasteiger charge is -2.09. The summed E-state index contributed by atoms with van der Waals surface area (Å²) in [4.78, 5) is 22.5. The number of pyridine rings is 1. The average Bonchev–Trinajstić information content (AvgIpc) is 3.63. The Morgan fingerprint density at radius 1 is 1.06 bits per heavy atom. The molecule has 0 fully saturated rings. The van der Waals surface area contributed by atoms with Crippen LogP contribution in [0.1, 0.15) is 38.4 Å². The summed E-state index contributed by atoms with van der Waals surface area (Å²) in [5.41, 5.74) is 4.33. The normalized spacial score (nSPS) is 11.4. The highest BCUT2D eigenvalue weighted by Gasteiger charge is 2.17. The van der Waals surface area contributed by atoms with Crippen LogP contribution in [0.3, 0.4) is 0 Å².